The van der Waals surface area contributed by atoms with Gasteiger partial charge in [-0.25, -0.2) is 18.2 Å². The molecule has 120 valence electrons. The lowest BCUT2D eigenvalue weighted by molar-refractivity contribution is 0.496. The minimum absolute atomic E-state index is 0.0790. The molecule has 3 aromatic rings. The van der Waals surface area contributed by atoms with Crippen LogP contribution in [0.25, 0.3) is 11.0 Å². The van der Waals surface area contributed by atoms with E-state index >= 15 is 0 Å². The molecule has 3 rings (SSSR count). The standard InChI is InChI=1S/C16H8ClF3N4/c17-14-9(18)7-12(15(19)16(14)20)24(6-5-21)13-8-22-10-3-1-2-4-11(10)23-13/h1-4,7-8H,6H2. The molecule has 0 aliphatic carbocycles. The number of anilines is 2. The van der Waals surface area contributed by atoms with E-state index in [2.05, 4.69) is 9.97 Å². The Morgan fingerprint density at radius 1 is 1.12 bits per heavy atom. The Hall–Kier alpha value is -2.85. The Morgan fingerprint density at radius 3 is 2.54 bits per heavy atom. The maximum atomic E-state index is 14.2. The van der Waals surface area contributed by atoms with Gasteiger partial charge in [-0.15, -0.1) is 0 Å². The van der Waals surface area contributed by atoms with Crippen LogP contribution in [-0.4, -0.2) is 16.5 Å². The minimum atomic E-state index is -1.52. The van der Waals surface area contributed by atoms with Crippen LogP contribution >= 0.6 is 11.6 Å². The number of fused-ring (bicyclic) bond motifs is 1. The monoisotopic (exact) mass is 348 g/mol. The van der Waals surface area contributed by atoms with Crippen LogP contribution in [0.4, 0.5) is 24.7 Å². The van der Waals surface area contributed by atoms with E-state index in [1.165, 1.54) is 6.20 Å². The smallest absolute Gasteiger partial charge is 0.184 e. The van der Waals surface area contributed by atoms with Gasteiger partial charge < -0.3 is 4.90 Å². The van der Waals surface area contributed by atoms with Crippen molar-refractivity contribution in [1.82, 2.24) is 9.97 Å². The topological polar surface area (TPSA) is 52.8 Å². The third-order valence-corrected chi connectivity index (χ3v) is 3.66. The molecule has 0 atom stereocenters. The van der Waals surface area contributed by atoms with Crippen LogP contribution in [0.2, 0.25) is 5.02 Å². The summed E-state index contributed by atoms with van der Waals surface area (Å²) in [5, 5.41) is 8.03. The summed E-state index contributed by atoms with van der Waals surface area (Å²) in [6.07, 6.45) is 1.30. The predicted octanol–water partition coefficient (Wildman–Crippen LogP) is 4.36. The van der Waals surface area contributed by atoms with Gasteiger partial charge in [-0.3, -0.25) is 4.98 Å². The average Bonchev–Trinajstić information content (AvgIpc) is 2.61. The second-order valence-corrected chi connectivity index (χ2v) is 5.16. The second-order valence-electron chi connectivity index (χ2n) is 4.78. The molecule has 0 radical (unpaired) electrons. The molecule has 0 aliphatic heterocycles. The zero-order chi connectivity index (χ0) is 17.3. The quantitative estimate of drug-likeness (QED) is 0.401. The van der Waals surface area contributed by atoms with Crippen LogP contribution < -0.4 is 4.90 Å². The number of nitrogens with zero attached hydrogens (tertiary/aromatic N) is 4. The van der Waals surface area contributed by atoms with Crippen LogP contribution in [0.3, 0.4) is 0 Å². The summed E-state index contributed by atoms with van der Waals surface area (Å²) in [6.45, 7) is -0.384. The lowest BCUT2D eigenvalue weighted by atomic mass is 10.2. The molecule has 2 aromatic carbocycles. The van der Waals surface area contributed by atoms with E-state index in [4.69, 9.17) is 16.9 Å². The van der Waals surface area contributed by atoms with Gasteiger partial charge in [-0.2, -0.15) is 5.26 Å². The summed E-state index contributed by atoms with van der Waals surface area (Å²) in [6, 6.07) is 9.43. The Kier molecular flexibility index (Phi) is 4.23. The predicted molar refractivity (Wildman–Crippen MR) is 83.5 cm³/mol. The molecule has 4 nitrogen and oxygen atoms in total. The molecule has 0 fully saturated rings. The van der Waals surface area contributed by atoms with Crippen LogP contribution in [0, 0.1) is 28.8 Å². The van der Waals surface area contributed by atoms with Gasteiger partial charge in [0.25, 0.3) is 0 Å². The maximum absolute atomic E-state index is 14.2. The highest BCUT2D eigenvalue weighted by Crippen LogP contribution is 2.33. The number of aromatic nitrogens is 2. The fourth-order valence-corrected chi connectivity index (χ4v) is 2.33. The number of para-hydroxylation sites is 2. The number of halogens is 4. The van der Waals surface area contributed by atoms with Gasteiger partial charge in [0.05, 0.1) is 29.0 Å². The van der Waals surface area contributed by atoms with Crippen molar-refractivity contribution in [1.29, 1.82) is 5.26 Å². The summed E-state index contributed by atoms with van der Waals surface area (Å²) in [5.41, 5.74) is 0.598. The lowest BCUT2D eigenvalue weighted by Gasteiger charge is -2.21. The lowest BCUT2D eigenvalue weighted by Crippen LogP contribution is -2.21. The second kappa shape index (κ2) is 6.34. The van der Waals surface area contributed by atoms with Crippen molar-refractivity contribution in [2.45, 2.75) is 0 Å². The van der Waals surface area contributed by atoms with E-state index in [0.717, 1.165) is 11.0 Å². The highest BCUT2D eigenvalue weighted by atomic mass is 35.5. The van der Waals surface area contributed by atoms with E-state index < -0.39 is 28.2 Å². The first-order valence-electron chi connectivity index (χ1n) is 6.72. The molecule has 0 aliphatic rings. The van der Waals surface area contributed by atoms with Crippen LogP contribution in [0.15, 0.2) is 36.5 Å². The largest absolute Gasteiger partial charge is 0.308 e. The highest BCUT2D eigenvalue weighted by molar-refractivity contribution is 6.31. The summed E-state index contributed by atoms with van der Waals surface area (Å²) >= 11 is 5.36. The molecule has 0 bridgehead atoms. The first-order valence-corrected chi connectivity index (χ1v) is 7.10. The van der Waals surface area contributed by atoms with E-state index in [1.54, 1.807) is 24.3 Å². The Morgan fingerprint density at radius 2 is 1.83 bits per heavy atom. The number of benzene rings is 2. The molecule has 8 heteroatoms. The van der Waals surface area contributed by atoms with Crippen molar-refractivity contribution in [3.8, 4) is 6.07 Å². The van der Waals surface area contributed by atoms with Crippen molar-refractivity contribution in [3.63, 3.8) is 0 Å². The number of hydrogen-bond acceptors (Lipinski definition) is 4. The molecular formula is C16H8ClF3N4. The molecule has 0 saturated carbocycles. The number of rotatable bonds is 3. The number of hydrogen-bond donors (Lipinski definition) is 0. The van der Waals surface area contributed by atoms with E-state index in [9.17, 15) is 13.2 Å². The van der Waals surface area contributed by atoms with Crippen molar-refractivity contribution in [2.75, 3.05) is 11.4 Å². The van der Waals surface area contributed by atoms with Gasteiger partial charge in [0.1, 0.15) is 17.4 Å². The highest BCUT2D eigenvalue weighted by Gasteiger charge is 2.23. The third kappa shape index (κ3) is 2.72. The van der Waals surface area contributed by atoms with E-state index in [-0.39, 0.29) is 12.4 Å². The summed E-state index contributed by atoms with van der Waals surface area (Å²) in [7, 11) is 0. The Balaban J connectivity index is 2.18. The van der Waals surface area contributed by atoms with Crippen molar-refractivity contribution in [2.24, 2.45) is 0 Å². The van der Waals surface area contributed by atoms with Crippen molar-refractivity contribution in [3.05, 3.63) is 59.0 Å². The van der Waals surface area contributed by atoms with Crippen LogP contribution in [-0.2, 0) is 0 Å². The molecule has 1 heterocycles. The Labute approximate surface area is 139 Å². The van der Waals surface area contributed by atoms with Crippen molar-refractivity contribution < 1.29 is 13.2 Å². The molecule has 1 aromatic heterocycles. The zero-order valence-electron chi connectivity index (χ0n) is 12.0. The van der Waals surface area contributed by atoms with Gasteiger partial charge in [-0.1, -0.05) is 23.7 Å². The van der Waals surface area contributed by atoms with Gasteiger partial charge >= 0.3 is 0 Å². The average molecular weight is 349 g/mol. The minimum Gasteiger partial charge on any atom is -0.308 e. The fourth-order valence-electron chi connectivity index (χ4n) is 2.19. The first kappa shape index (κ1) is 16.0. The molecule has 0 unspecified atom stereocenters. The van der Waals surface area contributed by atoms with Crippen molar-refractivity contribution >= 4 is 34.1 Å². The van der Waals surface area contributed by atoms with Crippen LogP contribution in [0.5, 0.6) is 0 Å². The van der Waals surface area contributed by atoms with Gasteiger partial charge in [0, 0.05) is 6.07 Å². The molecular weight excluding hydrogens is 341 g/mol. The molecule has 0 N–H and O–H groups in total. The molecule has 0 amide bonds. The summed E-state index contributed by atoms with van der Waals surface area (Å²) in [5.74, 6) is -3.95. The molecule has 0 spiro atoms. The normalized spacial score (nSPS) is 10.6. The first-order chi connectivity index (χ1) is 11.5. The number of nitriles is 1. The van der Waals surface area contributed by atoms with Gasteiger partial charge in [-0.05, 0) is 12.1 Å². The van der Waals surface area contributed by atoms with E-state index in [1.807, 2.05) is 6.07 Å². The SMILES string of the molecule is N#CCN(c1cnc2ccccc2n1)c1cc(F)c(Cl)c(F)c1F. The van der Waals surface area contributed by atoms with Crippen LogP contribution in [0.1, 0.15) is 0 Å². The zero-order valence-corrected chi connectivity index (χ0v) is 12.7. The fraction of sp³-hybridized carbons (Fsp3) is 0.0625. The summed E-state index contributed by atoms with van der Waals surface area (Å²) in [4.78, 5) is 9.44. The maximum Gasteiger partial charge on any atom is 0.184 e. The molecule has 0 saturated heterocycles. The van der Waals surface area contributed by atoms with Gasteiger partial charge in [0.15, 0.2) is 17.5 Å². The summed E-state index contributed by atoms with van der Waals surface area (Å²) < 4.78 is 41.6. The van der Waals surface area contributed by atoms with Gasteiger partial charge in [0.2, 0.25) is 0 Å². The third-order valence-electron chi connectivity index (χ3n) is 3.32. The Bertz CT molecular complexity index is 971. The molecule has 24 heavy (non-hydrogen) atoms. The van der Waals surface area contributed by atoms with E-state index in [0.29, 0.717) is 11.0 Å².